The lowest BCUT2D eigenvalue weighted by molar-refractivity contribution is 0.519. The lowest BCUT2D eigenvalue weighted by Crippen LogP contribution is -2.18. The van der Waals surface area contributed by atoms with Gasteiger partial charge in [0.25, 0.3) is 0 Å². The van der Waals surface area contributed by atoms with Gasteiger partial charge in [-0.1, -0.05) is 52.1 Å². The standard InChI is InChI=1S/C16H28ClN3/c1-10(2)8-7-9-12(5)18-16-13(6)14(17)19-15(20-16)11(3)4/h10-12H,7-9H2,1-6H3,(H,18,19,20). The van der Waals surface area contributed by atoms with Crippen LogP contribution in [0.1, 0.15) is 71.2 Å². The zero-order valence-corrected chi connectivity index (χ0v) is 14.4. The molecular formula is C16H28ClN3. The van der Waals surface area contributed by atoms with Crippen molar-refractivity contribution in [3.63, 3.8) is 0 Å². The highest BCUT2D eigenvalue weighted by Crippen LogP contribution is 2.24. The fourth-order valence-corrected chi connectivity index (χ4v) is 2.22. The van der Waals surface area contributed by atoms with Crippen LogP contribution in [0.3, 0.4) is 0 Å². The van der Waals surface area contributed by atoms with Crippen LogP contribution in [-0.2, 0) is 0 Å². The first-order valence-electron chi connectivity index (χ1n) is 7.61. The van der Waals surface area contributed by atoms with E-state index in [1.54, 1.807) is 0 Å². The molecule has 0 radical (unpaired) electrons. The molecule has 0 saturated heterocycles. The molecule has 1 rings (SSSR count). The molecule has 0 aromatic carbocycles. The molecule has 1 N–H and O–H groups in total. The normalized spacial score (nSPS) is 13.1. The highest BCUT2D eigenvalue weighted by molar-refractivity contribution is 6.30. The Balaban J connectivity index is 2.71. The van der Waals surface area contributed by atoms with E-state index in [2.05, 4.69) is 49.9 Å². The van der Waals surface area contributed by atoms with Crippen LogP contribution in [0.2, 0.25) is 5.15 Å². The fraction of sp³-hybridized carbons (Fsp3) is 0.750. The van der Waals surface area contributed by atoms with Crippen molar-refractivity contribution in [3.8, 4) is 0 Å². The van der Waals surface area contributed by atoms with Gasteiger partial charge in [0.2, 0.25) is 0 Å². The van der Waals surface area contributed by atoms with Gasteiger partial charge in [0.1, 0.15) is 16.8 Å². The molecule has 0 bridgehead atoms. The van der Waals surface area contributed by atoms with Crippen molar-refractivity contribution in [1.82, 2.24) is 9.97 Å². The van der Waals surface area contributed by atoms with Gasteiger partial charge in [-0.3, -0.25) is 0 Å². The molecule has 3 nitrogen and oxygen atoms in total. The first-order chi connectivity index (χ1) is 9.31. The van der Waals surface area contributed by atoms with Crippen LogP contribution in [0.15, 0.2) is 0 Å². The molecule has 0 aliphatic carbocycles. The van der Waals surface area contributed by atoms with Gasteiger partial charge >= 0.3 is 0 Å². The fourth-order valence-electron chi connectivity index (χ4n) is 2.04. The maximum Gasteiger partial charge on any atom is 0.137 e. The van der Waals surface area contributed by atoms with E-state index >= 15 is 0 Å². The average molecular weight is 298 g/mol. The Bertz CT molecular complexity index is 430. The van der Waals surface area contributed by atoms with Gasteiger partial charge in [-0.05, 0) is 26.2 Å². The van der Waals surface area contributed by atoms with Crippen molar-refractivity contribution in [1.29, 1.82) is 0 Å². The first-order valence-corrected chi connectivity index (χ1v) is 7.99. The third-order valence-corrected chi connectivity index (χ3v) is 3.79. The van der Waals surface area contributed by atoms with Gasteiger partial charge in [0.05, 0.1) is 0 Å². The van der Waals surface area contributed by atoms with Crippen molar-refractivity contribution in [2.45, 2.75) is 72.8 Å². The van der Waals surface area contributed by atoms with E-state index in [1.165, 1.54) is 12.8 Å². The van der Waals surface area contributed by atoms with Gasteiger partial charge in [-0.2, -0.15) is 0 Å². The molecule has 0 spiro atoms. The number of rotatable bonds is 7. The number of aromatic nitrogens is 2. The Labute approximate surface area is 128 Å². The lowest BCUT2D eigenvalue weighted by Gasteiger charge is -2.18. The number of anilines is 1. The van der Waals surface area contributed by atoms with Gasteiger partial charge < -0.3 is 5.32 Å². The number of hydrogen-bond donors (Lipinski definition) is 1. The largest absolute Gasteiger partial charge is 0.367 e. The summed E-state index contributed by atoms with van der Waals surface area (Å²) in [6, 6.07) is 0.401. The summed E-state index contributed by atoms with van der Waals surface area (Å²) in [5.41, 5.74) is 0.937. The molecule has 1 atom stereocenters. The van der Waals surface area contributed by atoms with Crippen LogP contribution in [-0.4, -0.2) is 16.0 Å². The Hall–Kier alpha value is -0.830. The smallest absolute Gasteiger partial charge is 0.137 e. The Morgan fingerprint density at radius 3 is 2.25 bits per heavy atom. The van der Waals surface area contributed by atoms with E-state index in [0.717, 1.165) is 29.5 Å². The maximum atomic E-state index is 6.20. The molecule has 0 aliphatic heterocycles. The summed E-state index contributed by atoms with van der Waals surface area (Å²) in [5.74, 6) is 2.73. The van der Waals surface area contributed by atoms with Crippen molar-refractivity contribution in [2.24, 2.45) is 5.92 Å². The Morgan fingerprint density at radius 1 is 1.05 bits per heavy atom. The van der Waals surface area contributed by atoms with Crippen LogP contribution in [0.25, 0.3) is 0 Å². The predicted octanol–water partition coefficient (Wildman–Crippen LogP) is 5.19. The SMILES string of the molecule is Cc1c(Cl)nc(C(C)C)nc1NC(C)CCCC(C)C. The summed E-state index contributed by atoms with van der Waals surface area (Å²) in [7, 11) is 0. The molecular weight excluding hydrogens is 270 g/mol. The number of halogens is 1. The zero-order valence-electron chi connectivity index (χ0n) is 13.6. The average Bonchev–Trinajstić information content (AvgIpc) is 2.33. The minimum absolute atomic E-state index is 0.282. The number of nitrogens with zero attached hydrogens (tertiary/aromatic N) is 2. The molecule has 0 aliphatic rings. The van der Waals surface area contributed by atoms with Gasteiger partial charge in [0, 0.05) is 17.5 Å². The molecule has 20 heavy (non-hydrogen) atoms. The topological polar surface area (TPSA) is 37.8 Å². The van der Waals surface area contributed by atoms with Crippen molar-refractivity contribution < 1.29 is 0 Å². The summed E-state index contributed by atoms with van der Waals surface area (Å²) in [6.45, 7) is 12.9. The minimum Gasteiger partial charge on any atom is -0.367 e. The van der Waals surface area contributed by atoms with Crippen molar-refractivity contribution in [2.75, 3.05) is 5.32 Å². The third kappa shape index (κ3) is 5.28. The van der Waals surface area contributed by atoms with Gasteiger partial charge in [-0.25, -0.2) is 9.97 Å². The van der Waals surface area contributed by atoms with Crippen LogP contribution in [0.5, 0.6) is 0 Å². The molecule has 0 fully saturated rings. The van der Waals surface area contributed by atoms with Crippen LogP contribution in [0.4, 0.5) is 5.82 Å². The summed E-state index contributed by atoms with van der Waals surface area (Å²) in [6.07, 6.45) is 3.66. The van der Waals surface area contributed by atoms with Crippen molar-refractivity contribution >= 4 is 17.4 Å². The van der Waals surface area contributed by atoms with Crippen LogP contribution in [0, 0.1) is 12.8 Å². The summed E-state index contributed by atoms with van der Waals surface area (Å²) in [4.78, 5) is 8.95. The van der Waals surface area contributed by atoms with Gasteiger partial charge in [0.15, 0.2) is 0 Å². The highest BCUT2D eigenvalue weighted by atomic mass is 35.5. The summed E-state index contributed by atoms with van der Waals surface area (Å²) < 4.78 is 0. The second-order valence-electron chi connectivity index (χ2n) is 6.37. The maximum absolute atomic E-state index is 6.20. The van der Waals surface area contributed by atoms with Crippen molar-refractivity contribution in [3.05, 3.63) is 16.5 Å². The predicted molar refractivity (Wildman–Crippen MR) is 87.6 cm³/mol. The molecule has 1 aromatic rings. The molecule has 1 unspecified atom stereocenters. The van der Waals surface area contributed by atoms with E-state index in [4.69, 9.17) is 11.6 Å². The monoisotopic (exact) mass is 297 g/mol. The lowest BCUT2D eigenvalue weighted by atomic mass is 10.0. The third-order valence-electron chi connectivity index (χ3n) is 3.42. The van der Waals surface area contributed by atoms with E-state index in [-0.39, 0.29) is 5.92 Å². The van der Waals surface area contributed by atoms with E-state index in [9.17, 15) is 0 Å². The minimum atomic E-state index is 0.282. The molecule has 0 amide bonds. The van der Waals surface area contributed by atoms with Gasteiger partial charge in [-0.15, -0.1) is 0 Å². The Morgan fingerprint density at radius 2 is 1.70 bits per heavy atom. The summed E-state index contributed by atoms with van der Waals surface area (Å²) >= 11 is 6.20. The molecule has 1 heterocycles. The van der Waals surface area contributed by atoms with E-state index in [0.29, 0.717) is 11.2 Å². The Kier molecular flexibility index (Phi) is 6.74. The number of hydrogen-bond acceptors (Lipinski definition) is 3. The second kappa shape index (κ2) is 7.82. The molecule has 0 saturated carbocycles. The van der Waals surface area contributed by atoms with Crippen LogP contribution < -0.4 is 5.32 Å². The molecule has 1 aromatic heterocycles. The highest BCUT2D eigenvalue weighted by Gasteiger charge is 2.13. The second-order valence-corrected chi connectivity index (χ2v) is 6.73. The zero-order chi connectivity index (χ0) is 15.3. The number of nitrogens with one attached hydrogen (secondary N) is 1. The van der Waals surface area contributed by atoms with E-state index in [1.807, 2.05) is 6.92 Å². The van der Waals surface area contributed by atoms with E-state index < -0.39 is 0 Å². The quantitative estimate of drug-likeness (QED) is 0.704. The first kappa shape index (κ1) is 17.2. The molecule has 4 heteroatoms. The van der Waals surface area contributed by atoms with Crippen LogP contribution >= 0.6 is 11.6 Å². The molecule has 114 valence electrons. The summed E-state index contributed by atoms with van der Waals surface area (Å²) in [5, 5.41) is 4.04.